The lowest BCUT2D eigenvalue weighted by molar-refractivity contribution is 0.304. The lowest BCUT2D eigenvalue weighted by atomic mass is 9.91. The second-order valence-corrected chi connectivity index (χ2v) is 21.4. The molecular weight excluding hydrogens is 905 g/mol. The van der Waals surface area contributed by atoms with Crippen LogP contribution in [0.1, 0.15) is 230 Å². The molecule has 0 unspecified atom stereocenters. The molecule has 0 spiro atoms. The fourth-order valence-corrected chi connectivity index (χ4v) is 10.7. The van der Waals surface area contributed by atoms with Gasteiger partial charge in [0.15, 0.2) is 0 Å². The summed E-state index contributed by atoms with van der Waals surface area (Å²) in [5.74, 6) is 1.80. The van der Waals surface area contributed by atoms with Crippen molar-refractivity contribution in [3.63, 3.8) is 0 Å². The van der Waals surface area contributed by atoms with Crippen LogP contribution in [0.5, 0.6) is 11.5 Å². The third-order valence-electron chi connectivity index (χ3n) is 15.0. The Labute approximate surface area is 448 Å². The molecule has 6 nitrogen and oxygen atoms in total. The Bertz CT molecular complexity index is 2410. The van der Waals surface area contributed by atoms with Crippen LogP contribution in [0.15, 0.2) is 152 Å². The van der Waals surface area contributed by atoms with E-state index in [-0.39, 0.29) is 0 Å². The van der Waals surface area contributed by atoms with Crippen molar-refractivity contribution < 1.29 is 9.47 Å². The van der Waals surface area contributed by atoms with Crippen LogP contribution in [0.3, 0.4) is 0 Å². The van der Waals surface area contributed by atoms with Gasteiger partial charge in [-0.1, -0.05) is 231 Å². The van der Waals surface area contributed by atoms with E-state index in [1.54, 1.807) is 0 Å². The lowest BCUT2D eigenvalue weighted by Gasteiger charge is -2.13. The first-order valence-electron chi connectivity index (χ1n) is 30.1. The van der Waals surface area contributed by atoms with E-state index in [2.05, 4.69) is 86.7 Å². The zero-order valence-electron chi connectivity index (χ0n) is 46.0. The standard InChI is InChI=1S/C68H92N4O2/c1-3-5-7-9-11-13-15-17-19-21-23-25-27-29-31-33-49-73-63-45-35-55(36-46-63)67-65-53-61-43-41-59(70-61)51-57-39-40-58(69-57)52-60-42-44-62(71-60)54-66(72-65)68(67)56-37-47-64(48-38-56)74-50-34-32-30-28-26-24-22-20-18-16-14-12-10-8-6-4-2/h35-48,51-54H,3-34,49-50H2,1-2H3. The lowest BCUT2D eigenvalue weighted by Crippen LogP contribution is -2.01. The van der Waals surface area contributed by atoms with Crippen molar-refractivity contribution in [3.05, 3.63) is 143 Å². The van der Waals surface area contributed by atoms with Gasteiger partial charge in [-0.15, -0.1) is 0 Å². The number of nitrogens with zero attached hydrogens (tertiary/aromatic N) is 4. The third kappa shape index (κ3) is 20.1. The minimum absolute atomic E-state index is 0.739. The number of hydrogen-bond acceptors (Lipinski definition) is 6. The normalized spacial score (nSPS) is 15.5. The Kier molecular flexibility index (Phi) is 25.5. The molecule has 74 heavy (non-hydrogen) atoms. The number of aliphatic imine (C=N–C) groups is 4. The highest BCUT2D eigenvalue weighted by Crippen LogP contribution is 2.41. The van der Waals surface area contributed by atoms with Gasteiger partial charge in [0.25, 0.3) is 0 Å². The maximum absolute atomic E-state index is 6.33. The number of allylic oxidation sites excluding steroid dienone is 12. The molecule has 396 valence electrons. The van der Waals surface area contributed by atoms with Crippen molar-refractivity contribution >= 4 is 34.0 Å². The smallest absolute Gasteiger partial charge is 0.119 e. The molecule has 0 saturated heterocycles. The van der Waals surface area contributed by atoms with Gasteiger partial charge in [0, 0.05) is 11.1 Å². The first kappa shape index (κ1) is 56.4. The highest BCUT2D eigenvalue weighted by Gasteiger charge is 2.27. The van der Waals surface area contributed by atoms with E-state index in [9.17, 15) is 0 Å². The summed E-state index contributed by atoms with van der Waals surface area (Å²) >= 11 is 0. The molecule has 0 amide bonds. The zero-order valence-corrected chi connectivity index (χ0v) is 46.0. The van der Waals surface area contributed by atoms with Crippen LogP contribution >= 0.6 is 0 Å². The molecule has 0 N–H and O–H groups in total. The van der Waals surface area contributed by atoms with Crippen molar-refractivity contribution in [2.24, 2.45) is 20.0 Å². The summed E-state index contributed by atoms with van der Waals surface area (Å²) in [4.78, 5) is 20.2. The van der Waals surface area contributed by atoms with E-state index in [1.807, 2.05) is 36.5 Å². The van der Waals surface area contributed by atoms with Crippen LogP contribution in [-0.2, 0) is 0 Å². The second-order valence-electron chi connectivity index (χ2n) is 21.4. The van der Waals surface area contributed by atoms with E-state index in [1.165, 1.54) is 193 Å². The molecule has 0 aliphatic carbocycles. The number of unbranched alkanes of at least 4 members (excludes halogenated alkanes) is 30. The molecule has 5 aliphatic rings. The average molecular weight is 998 g/mol. The first-order valence-corrected chi connectivity index (χ1v) is 30.1. The fourth-order valence-electron chi connectivity index (χ4n) is 10.7. The molecule has 6 heteroatoms. The van der Waals surface area contributed by atoms with Gasteiger partial charge in [-0.2, -0.15) is 0 Å². The van der Waals surface area contributed by atoms with E-state index < -0.39 is 0 Å². The van der Waals surface area contributed by atoms with Crippen molar-refractivity contribution in [2.75, 3.05) is 13.2 Å². The summed E-state index contributed by atoms with van der Waals surface area (Å²) in [5.41, 5.74) is 11.2. The number of benzene rings is 2. The molecule has 2 aromatic carbocycles. The van der Waals surface area contributed by atoms with Crippen LogP contribution in [0, 0.1) is 0 Å². The van der Waals surface area contributed by atoms with Crippen molar-refractivity contribution in [1.29, 1.82) is 0 Å². The van der Waals surface area contributed by atoms with Gasteiger partial charge in [0.05, 0.1) is 58.8 Å². The van der Waals surface area contributed by atoms with Crippen molar-refractivity contribution in [3.8, 4) is 11.5 Å². The molecule has 0 saturated carbocycles. The molecule has 0 aromatic heterocycles. The minimum atomic E-state index is 0.739. The van der Waals surface area contributed by atoms with Gasteiger partial charge in [0.1, 0.15) is 11.5 Å². The summed E-state index contributed by atoms with van der Waals surface area (Å²) in [6.45, 7) is 6.07. The first-order chi connectivity index (χ1) is 36.6. The SMILES string of the molecule is CCCCCCCCCCCCCCCCCCOc1ccc(C2=C(c3ccc(OCCCCCCCCCCCCCCCCCC)cc3)C3=NC2=CC2=NC(=CC4=NC(=CC5=NC(=C3)C=C5)C=C4)C=C2)cc1. The highest BCUT2D eigenvalue weighted by atomic mass is 16.5. The summed E-state index contributed by atoms with van der Waals surface area (Å²) in [6, 6.07) is 17.2. The second kappa shape index (κ2) is 33.5. The van der Waals surface area contributed by atoms with Crippen molar-refractivity contribution in [2.45, 2.75) is 219 Å². The van der Waals surface area contributed by atoms with E-state index >= 15 is 0 Å². The maximum atomic E-state index is 6.33. The van der Waals surface area contributed by atoms with Crippen LogP contribution < -0.4 is 9.47 Å². The van der Waals surface area contributed by atoms with Crippen LogP contribution in [0.2, 0.25) is 0 Å². The van der Waals surface area contributed by atoms with E-state index in [0.717, 1.165) is 105 Å². The summed E-state index contributed by atoms with van der Waals surface area (Å²) in [6.07, 6.45) is 64.2. The van der Waals surface area contributed by atoms with Gasteiger partial charge in [-0.05, 0) is 109 Å². The summed E-state index contributed by atoms with van der Waals surface area (Å²) in [7, 11) is 0. The van der Waals surface area contributed by atoms with Gasteiger partial charge < -0.3 is 9.47 Å². The molecule has 0 radical (unpaired) electrons. The van der Waals surface area contributed by atoms with Crippen molar-refractivity contribution in [1.82, 2.24) is 0 Å². The monoisotopic (exact) mass is 997 g/mol. The zero-order chi connectivity index (χ0) is 51.1. The Morgan fingerprint density at radius 2 is 0.608 bits per heavy atom. The number of hydrogen-bond donors (Lipinski definition) is 0. The molecule has 5 aliphatic heterocycles. The van der Waals surface area contributed by atoms with E-state index in [0.29, 0.717) is 0 Å². The Morgan fingerprint density at radius 3 is 0.973 bits per heavy atom. The third-order valence-corrected chi connectivity index (χ3v) is 15.0. The van der Waals surface area contributed by atoms with Gasteiger partial charge in [0.2, 0.25) is 0 Å². The Morgan fingerprint density at radius 1 is 0.297 bits per heavy atom. The molecule has 7 rings (SSSR count). The van der Waals surface area contributed by atoms with Gasteiger partial charge in [-0.25, -0.2) is 20.0 Å². The van der Waals surface area contributed by atoms with Crippen LogP contribution in [0.4, 0.5) is 0 Å². The topological polar surface area (TPSA) is 67.9 Å². The highest BCUT2D eigenvalue weighted by molar-refractivity contribution is 6.40. The quantitative estimate of drug-likeness (QED) is 0.0629. The number of fused-ring (bicyclic) bond motifs is 4. The van der Waals surface area contributed by atoms with Gasteiger partial charge >= 0.3 is 0 Å². The van der Waals surface area contributed by atoms with Crippen LogP contribution in [0.25, 0.3) is 11.1 Å². The molecule has 0 atom stereocenters. The van der Waals surface area contributed by atoms with Gasteiger partial charge in [-0.3, -0.25) is 0 Å². The fraction of sp³-hybridized carbons (Fsp3) is 0.529. The predicted octanol–water partition coefficient (Wildman–Crippen LogP) is 19.9. The average Bonchev–Trinajstić information content (AvgIpc) is 4.24. The predicted molar refractivity (Wildman–Crippen MR) is 319 cm³/mol. The Hall–Kier alpha value is -5.36. The van der Waals surface area contributed by atoms with E-state index in [4.69, 9.17) is 29.4 Å². The Balaban J connectivity index is 0.928. The minimum Gasteiger partial charge on any atom is -0.494 e. The van der Waals surface area contributed by atoms with Crippen LogP contribution in [-0.4, -0.2) is 36.1 Å². The molecule has 5 heterocycles. The molecule has 0 fully saturated rings. The number of ether oxygens (including phenoxy) is 2. The largest absolute Gasteiger partial charge is 0.494 e. The molecular formula is C68H92N4O2. The maximum Gasteiger partial charge on any atom is 0.119 e. The number of rotatable bonds is 38. The molecule has 2 aromatic rings. The summed E-state index contributed by atoms with van der Waals surface area (Å²) < 4.78 is 12.7. The molecule has 8 bridgehead atoms. The summed E-state index contributed by atoms with van der Waals surface area (Å²) in [5, 5.41) is 0.